The molecular formula is C19H14FN4+. The van der Waals surface area contributed by atoms with Gasteiger partial charge in [0.25, 0.3) is 0 Å². The van der Waals surface area contributed by atoms with Crippen LogP contribution in [0.5, 0.6) is 0 Å². The predicted molar refractivity (Wildman–Crippen MR) is 88.3 cm³/mol. The third-order valence-electron chi connectivity index (χ3n) is 3.65. The van der Waals surface area contributed by atoms with Crippen molar-refractivity contribution in [3.8, 4) is 22.8 Å². The van der Waals surface area contributed by atoms with Gasteiger partial charge in [0.1, 0.15) is 5.69 Å². The van der Waals surface area contributed by atoms with Gasteiger partial charge in [0.15, 0.2) is 5.82 Å². The van der Waals surface area contributed by atoms with E-state index in [1.165, 1.54) is 10.9 Å². The van der Waals surface area contributed by atoms with Crippen molar-refractivity contribution < 1.29 is 9.19 Å². The van der Waals surface area contributed by atoms with E-state index in [-0.39, 0.29) is 5.82 Å². The van der Waals surface area contributed by atoms with Gasteiger partial charge in [-0.25, -0.2) is 4.39 Å². The number of rotatable bonds is 3. The molecule has 4 nitrogen and oxygen atoms in total. The molecule has 0 saturated carbocycles. The van der Waals surface area contributed by atoms with Crippen molar-refractivity contribution in [1.29, 1.82) is 0 Å². The Kier molecular flexibility index (Phi) is 3.59. The number of hydrogen-bond donors (Lipinski definition) is 0. The highest BCUT2D eigenvalue weighted by Crippen LogP contribution is 2.15. The van der Waals surface area contributed by atoms with Gasteiger partial charge in [0.2, 0.25) is 5.69 Å². The largest absolute Gasteiger partial charge is 0.340 e. The molecule has 116 valence electrons. The molecule has 0 N–H and O–H groups in total. The van der Waals surface area contributed by atoms with E-state index in [9.17, 15) is 4.39 Å². The van der Waals surface area contributed by atoms with Gasteiger partial charge in [0, 0.05) is 4.80 Å². The van der Waals surface area contributed by atoms with E-state index in [1.807, 2.05) is 60.7 Å². The Labute approximate surface area is 138 Å². The normalized spacial score (nSPS) is 10.7. The summed E-state index contributed by atoms with van der Waals surface area (Å²) in [7, 11) is 0. The van der Waals surface area contributed by atoms with Crippen molar-refractivity contribution in [3.63, 3.8) is 0 Å². The number of tetrazole rings is 1. The van der Waals surface area contributed by atoms with Crippen LogP contribution in [0.15, 0.2) is 84.9 Å². The molecule has 4 aromatic rings. The summed E-state index contributed by atoms with van der Waals surface area (Å²) in [6, 6.07) is 25.7. The highest BCUT2D eigenvalue weighted by Gasteiger charge is 2.24. The minimum absolute atomic E-state index is 0.344. The number of halogens is 1. The molecule has 0 aliphatic carbocycles. The highest BCUT2D eigenvalue weighted by molar-refractivity contribution is 5.53. The van der Waals surface area contributed by atoms with Crippen LogP contribution in [0.1, 0.15) is 0 Å². The summed E-state index contributed by atoms with van der Waals surface area (Å²) in [5, 5.41) is 9.09. The van der Waals surface area contributed by atoms with Crippen molar-refractivity contribution in [3.05, 3.63) is 90.7 Å². The van der Waals surface area contributed by atoms with Crippen LogP contribution in [0.3, 0.4) is 0 Å². The topological polar surface area (TPSA) is 34.6 Å². The van der Waals surface area contributed by atoms with Crippen molar-refractivity contribution in [2.75, 3.05) is 0 Å². The molecule has 4 rings (SSSR count). The van der Waals surface area contributed by atoms with Crippen LogP contribution < -0.4 is 4.80 Å². The fourth-order valence-electron chi connectivity index (χ4n) is 2.49. The standard InChI is InChI=1S/C19H14FN4/c20-17-13-7-8-14-18(17)24-22-19(15-9-3-1-4-10-15)21-23(24)16-11-5-2-6-12-16/h1-14H/q+1. The van der Waals surface area contributed by atoms with E-state index in [0.717, 1.165) is 11.3 Å². The third kappa shape index (κ3) is 2.56. The maximum absolute atomic E-state index is 14.3. The quantitative estimate of drug-likeness (QED) is 0.543. The van der Waals surface area contributed by atoms with E-state index in [1.54, 1.807) is 23.0 Å². The minimum Gasteiger partial charge on any atom is -0.202 e. The fourth-order valence-corrected chi connectivity index (χ4v) is 2.49. The second kappa shape index (κ2) is 6.04. The van der Waals surface area contributed by atoms with Gasteiger partial charge in [-0.3, -0.25) is 0 Å². The maximum Gasteiger partial charge on any atom is 0.340 e. The molecule has 0 fully saturated rings. The van der Waals surface area contributed by atoms with Crippen molar-refractivity contribution in [2.24, 2.45) is 0 Å². The summed E-state index contributed by atoms with van der Waals surface area (Å²) < 4.78 is 14.3. The molecule has 0 atom stereocenters. The van der Waals surface area contributed by atoms with E-state index in [4.69, 9.17) is 0 Å². The number of hydrogen-bond acceptors (Lipinski definition) is 2. The van der Waals surface area contributed by atoms with E-state index < -0.39 is 0 Å². The lowest BCUT2D eigenvalue weighted by atomic mass is 10.2. The van der Waals surface area contributed by atoms with Crippen LogP contribution >= 0.6 is 0 Å². The SMILES string of the molecule is Fc1ccccc1-[n+]1nc(-c2ccccc2)nn1-c1ccccc1. The second-order valence-corrected chi connectivity index (χ2v) is 5.26. The van der Waals surface area contributed by atoms with Crippen LogP contribution in [0.4, 0.5) is 4.39 Å². The Balaban J connectivity index is 1.94. The average Bonchev–Trinajstić information content (AvgIpc) is 3.09. The van der Waals surface area contributed by atoms with E-state index in [0.29, 0.717) is 11.5 Å². The summed E-state index contributed by atoms with van der Waals surface area (Å²) in [4.78, 5) is 3.08. The third-order valence-corrected chi connectivity index (χ3v) is 3.65. The second-order valence-electron chi connectivity index (χ2n) is 5.26. The van der Waals surface area contributed by atoms with E-state index in [2.05, 4.69) is 10.2 Å². The summed E-state index contributed by atoms with van der Waals surface area (Å²) in [6.45, 7) is 0. The first kappa shape index (κ1) is 14.3. The maximum atomic E-state index is 14.3. The summed E-state index contributed by atoms with van der Waals surface area (Å²) >= 11 is 0. The van der Waals surface area contributed by atoms with Crippen LogP contribution in [0, 0.1) is 5.82 Å². The van der Waals surface area contributed by atoms with Gasteiger partial charge >= 0.3 is 5.82 Å². The molecular weight excluding hydrogens is 303 g/mol. The summed E-state index contributed by atoms with van der Waals surface area (Å²) in [5.74, 6) is 0.175. The molecule has 0 unspecified atom stereocenters. The van der Waals surface area contributed by atoms with Gasteiger partial charge in [0.05, 0.1) is 10.7 Å². The minimum atomic E-state index is -0.355. The Morgan fingerprint density at radius 1 is 0.750 bits per heavy atom. The zero-order valence-corrected chi connectivity index (χ0v) is 12.7. The lowest BCUT2D eigenvalue weighted by Crippen LogP contribution is -2.44. The van der Waals surface area contributed by atoms with Gasteiger partial charge in [-0.15, -0.1) is 0 Å². The molecule has 24 heavy (non-hydrogen) atoms. The number of nitrogens with zero attached hydrogens (tertiary/aromatic N) is 4. The average molecular weight is 317 g/mol. The van der Waals surface area contributed by atoms with Crippen LogP contribution in [0.25, 0.3) is 22.8 Å². The number of aromatic nitrogens is 4. The Bertz CT molecular complexity index is 965. The molecule has 0 radical (unpaired) electrons. The van der Waals surface area contributed by atoms with Crippen molar-refractivity contribution in [2.45, 2.75) is 0 Å². The monoisotopic (exact) mass is 317 g/mol. The molecule has 5 heteroatoms. The molecule has 3 aromatic carbocycles. The van der Waals surface area contributed by atoms with Crippen molar-refractivity contribution in [1.82, 2.24) is 15.0 Å². The summed E-state index contributed by atoms with van der Waals surface area (Å²) in [6.07, 6.45) is 0. The van der Waals surface area contributed by atoms with Crippen LogP contribution in [-0.2, 0) is 0 Å². The molecule has 0 aliphatic rings. The first-order valence-corrected chi connectivity index (χ1v) is 7.58. The molecule has 0 aliphatic heterocycles. The highest BCUT2D eigenvalue weighted by atomic mass is 19.1. The lowest BCUT2D eigenvalue weighted by molar-refractivity contribution is -0.736. The van der Waals surface area contributed by atoms with Gasteiger partial charge < -0.3 is 0 Å². The predicted octanol–water partition coefficient (Wildman–Crippen LogP) is 3.35. The Morgan fingerprint density at radius 3 is 2.08 bits per heavy atom. The molecule has 1 aromatic heterocycles. The molecule has 1 heterocycles. The van der Waals surface area contributed by atoms with Crippen molar-refractivity contribution >= 4 is 0 Å². The fraction of sp³-hybridized carbons (Fsp3) is 0. The number of para-hydroxylation sites is 2. The molecule has 0 spiro atoms. The summed E-state index contributed by atoms with van der Waals surface area (Å²) in [5.41, 5.74) is 2.02. The Morgan fingerprint density at radius 2 is 1.38 bits per heavy atom. The molecule has 0 amide bonds. The first-order chi connectivity index (χ1) is 11.8. The van der Waals surface area contributed by atoms with Crippen LogP contribution in [-0.4, -0.2) is 15.0 Å². The molecule has 0 bridgehead atoms. The van der Waals surface area contributed by atoms with Gasteiger partial charge in [-0.1, -0.05) is 48.5 Å². The smallest absolute Gasteiger partial charge is 0.202 e. The Hall–Kier alpha value is -3.34. The van der Waals surface area contributed by atoms with Gasteiger partial charge in [-0.2, -0.15) is 0 Å². The number of benzene rings is 3. The van der Waals surface area contributed by atoms with E-state index >= 15 is 0 Å². The van der Waals surface area contributed by atoms with Gasteiger partial charge in [-0.05, 0) is 46.3 Å². The lowest BCUT2D eigenvalue weighted by Gasteiger charge is -2.00. The first-order valence-electron chi connectivity index (χ1n) is 7.58. The van der Waals surface area contributed by atoms with Crippen LogP contribution in [0.2, 0.25) is 0 Å². The zero-order chi connectivity index (χ0) is 16.4. The molecule has 0 saturated heterocycles. The zero-order valence-electron chi connectivity index (χ0n) is 12.7.